The van der Waals surface area contributed by atoms with Crippen molar-refractivity contribution in [2.24, 2.45) is 0 Å². The lowest BCUT2D eigenvalue weighted by atomic mass is 10.3. The molecule has 0 saturated carbocycles. The van der Waals surface area contributed by atoms with Gasteiger partial charge < -0.3 is 10.2 Å². The lowest BCUT2D eigenvalue weighted by Crippen LogP contribution is -2.43. The molecule has 1 aromatic rings. The van der Waals surface area contributed by atoms with Gasteiger partial charge in [0.15, 0.2) is 0 Å². The highest BCUT2D eigenvalue weighted by Crippen LogP contribution is 2.32. The van der Waals surface area contributed by atoms with E-state index in [9.17, 15) is 0 Å². The Labute approximate surface area is 93.0 Å². The van der Waals surface area contributed by atoms with Crippen LogP contribution in [0.15, 0.2) is 12.4 Å². The van der Waals surface area contributed by atoms with Crippen LogP contribution in [0.5, 0.6) is 0 Å². The standard InChI is InChI=1S/C9H11Cl2N3/c10-7-5-13-6-8(11)9(7)14-3-1-12-2-4-14/h5-6,12H,1-4H2. The first-order valence-electron chi connectivity index (χ1n) is 4.53. The highest BCUT2D eigenvalue weighted by atomic mass is 35.5. The van der Waals surface area contributed by atoms with Crippen molar-refractivity contribution in [1.82, 2.24) is 10.3 Å². The number of nitrogens with one attached hydrogen (secondary N) is 1. The molecule has 1 saturated heterocycles. The van der Waals surface area contributed by atoms with E-state index >= 15 is 0 Å². The molecular weight excluding hydrogens is 221 g/mol. The molecule has 0 aliphatic carbocycles. The van der Waals surface area contributed by atoms with Crippen LogP contribution in [0.4, 0.5) is 5.69 Å². The van der Waals surface area contributed by atoms with Crippen LogP contribution in [-0.2, 0) is 0 Å². The van der Waals surface area contributed by atoms with Gasteiger partial charge in [-0.05, 0) is 0 Å². The van der Waals surface area contributed by atoms with E-state index in [1.807, 2.05) is 0 Å². The summed E-state index contributed by atoms with van der Waals surface area (Å²) in [5, 5.41) is 4.53. The maximum Gasteiger partial charge on any atom is 0.0838 e. The Kier molecular flexibility index (Phi) is 3.11. The van der Waals surface area contributed by atoms with Crippen LogP contribution in [0.25, 0.3) is 0 Å². The summed E-state index contributed by atoms with van der Waals surface area (Å²) in [6.07, 6.45) is 3.26. The summed E-state index contributed by atoms with van der Waals surface area (Å²) in [6.45, 7) is 3.80. The highest BCUT2D eigenvalue weighted by Gasteiger charge is 2.16. The van der Waals surface area contributed by atoms with Gasteiger partial charge in [0.25, 0.3) is 0 Å². The number of piperazine rings is 1. The van der Waals surface area contributed by atoms with Crippen LogP contribution < -0.4 is 10.2 Å². The molecule has 1 aliphatic heterocycles. The minimum Gasteiger partial charge on any atom is -0.366 e. The minimum atomic E-state index is 0.624. The van der Waals surface area contributed by atoms with Crippen LogP contribution in [0, 0.1) is 0 Å². The summed E-state index contributed by atoms with van der Waals surface area (Å²) in [4.78, 5) is 6.12. The zero-order valence-corrected chi connectivity index (χ0v) is 9.15. The van der Waals surface area contributed by atoms with Gasteiger partial charge in [0.05, 0.1) is 15.7 Å². The molecule has 0 spiro atoms. The molecule has 0 radical (unpaired) electrons. The summed E-state index contributed by atoms with van der Waals surface area (Å²) in [6, 6.07) is 0. The van der Waals surface area contributed by atoms with Gasteiger partial charge in [-0.15, -0.1) is 0 Å². The van der Waals surface area contributed by atoms with Crippen molar-refractivity contribution in [3.8, 4) is 0 Å². The summed E-state index contributed by atoms with van der Waals surface area (Å²) in [5.74, 6) is 0. The van der Waals surface area contributed by atoms with Gasteiger partial charge in [-0.2, -0.15) is 0 Å². The van der Waals surface area contributed by atoms with Crippen LogP contribution in [0.2, 0.25) is 10.0 Å². The molecule has 1 N–H and O–H groups in total. The second kappa shape index (κ2) is 4.34. The summed E-state index contributed by atoms with van der Waals surface area (Å²) < 4.78 is 0. The first kappa shape index (κ1) is 10.0. The van der Waals surface area contributed by atoms with Crippen LogP contribution in [0.3, 0.4) is 0 Å². The molecule has 0 bridgehead atoms. The number of anilines is 1. The number of halogens is 2. The van der Waals surface area contributed by atoms with Gasteiger partial charge in [0.2, 0.25) is 0 Å². The van der Waals surface area contributed by atoms with Crippen molar-refractivity contribution < 1.29 is 0 Å². The third kappa shape index (κ3) is 1.95. The Morgan fingerprint density at radius 2 is 1.71 bits per heavy atom. The van der Waals surface area contributed by atoms with Crippen LogP contribution in [0.1, 0.15) is 0 Å². The summed E-state index contributed by atoms with van der Waals surface area (Å²) in [5.41, 5.74) is 0.907. The third-order valence-electron chi connectivity index (χ3n) is 2.26. The SMILES string of the molecule is Clc1cncc(Cl)c1N1CCNCC1. The van der Waals surface area contributed by atoms with E-state index < -0.39 is 0 Å². The molecule has 0 unspecified atom stereocenters. The Bertz CT molecular complexity index is 304. The molecular formula is C9H11Cl2N3. The van der Waals surface area contributed by atoms with E-state index in [1.54, 1.807) is 12.4 Å². The Hall–Kier alpha value is -0.510. The second-order valence-electron chi connectivity index (χ2n) is 3.19. The Morgan fingerprint density at radius 3 is 2.29 bits per heavy atom. The maximum absolute atomic E-state index is 6.05. The normalized spacial score (nSPS) is 17.1. The first-order valence-corrected chi connectivity index (χ1v) is 5.29. The predicted molar refractivity (Wildman–Crippen MR) is 59.3 cm³/mol. The van der Waals surface area contributed by atoms with Crippen molar-refractivity contribution in [3.63, 3.8) is 0 Å². The molecule has 5 heteroatoms. The first-order chi connectivity index (χ1) is 6.79. The zero-order chi connectivity index (χ0) is 9.97. The molecule has 1 aliphatic rings. The number of pyridine rings is 1. The number of hydrogen-bond donors (Lipinski definition) is 1. The number of hydrogen-bond acceptors (Lipinski definition) is 3. The Morgan fingerprint density at radius 1 is 1.14 bits per heavy atom. The number of rotatable bonds is 1. The fraction of sp³-hybridized carbons (Fsp3) is 0.444. The molecule has 0 amide bonds. The summed E-state index contributed by atoms with van der Waals surface area (Å²) in [7, 11) is 0. The van der Waals surface area contributed by atoms with Crippen molar-refractivity contribution >= 4 is 28.9 Å². The van der Waals surface area contributed by atoms with E-state index in [4.69, 9.17) is 23.2 Å². The van der Waals surface area contributed by atoms with E-state index in [1.165, 1.54) is 0 Å². The maximum atomic E-state index is 6.05. The smallest absolute Gasteiger partial charge is 0.0838 e. The molecule has 1 aromatic heterocycles. The summed E-state index contributed by atoms with van der Waals surface area (Å²) >= 11 is 12.1. The van der Waals surface area contributed by atoms with Gasteiger partial charge in [0, 0.05) is 38.6 Å². The molecule has 0 atom stereocenters. The van der Waals surface area contributed by atoms with E-state index in [-0.39, 0.29) is 0 Å². The van der Waals surface area contributed by atoms with Gasteiger partial charge >= 0.3 is 0 Å². The van der Waals surface area contributed by atoms with Crippen LogP contribution in [-0.4, -0.2) is 31.2 Å². The fourth-order valence-electron chi connectivity index (χ4n) is 1.60. The van der Waals surface area contributed by atoms with Crippen LogP contribution >= 0.6 is 23.2 Å². The lowest BCUT2D eigenvalue weighted by molar-refractivity contribution is 0.589. The van der Waals surface area contributed by atoms with Gasteiger partial charge in [-0.25, -0.2) is 0 Å². The Balaban J connectivity index is 2.29. The van der Waals surface area contributed by atoms with E-state index in [2.05, 4.69) is 15.2 Å². The topological polar surface area (TPSA) is 28.2 Å². The molecule has 3 nitrogen and oxygen atoms in total. The van der Waals surface area contributed by atoms with Crippen molar-refractivity contribution in [2.45, 2.75) is 0 Å². The van der Waals surface area contributed by atoms with Crippen molar-refractivity contribution in [1.29, 1.82) is 0 Å². The molecule has 0 aromatic carbocycles. The van der Waals surface area contributed by atoms with E-state index in [0.29, 0.717) is 10.0 Å². The van der Waals surface area contributed by atoms with Crippen molar-refractivity contribution in [3.05, 3.63) is 22.4 Å². The molecule has 14 heavy (non-hydrogen) atoms. The molecule has 1 fully saturated rings. The predicted octanol–water partition coefficient (Wildman–Crippen LogP) is 1.80. The van der Waals surface area contributed by atoms with Gasteiger partial charge in [0.1, 0.15) is 0 Å². The molecule has 76 valence electrons. The average Bonchev–Trinajstić information content (AvgIpc) is 2.19. The largest absolute Gasteiger partial charge is 0.366 e. The second-order valence-corrected chi connectivity index (χ2v) is 4.00. The van der Waals surface area contributed by atoms with E-state index in [0.717, 1.165) is 31.9 Å². The molecule has 2 heterocycles. The lowest BCUT2D eigenvalue weighted by Gasteiger charge is -2.30. The monoisotopic (exact) mass is 231 g/mol. The quantitative estimate of drug-likeness (QED) is 0.800. The zero-order valence-electron chi connectivity index (χ0n) is 7.63. The van der Waals surface area contributed by atoms with Crippen molar-refractivity contribution in [2.75, 3.05) is 31.1 Å². The fourth-order valence-corrected chi connectivity index (χ4v) is 2.20. The van der Waals surface area contributed by atoms with Gasteiger partial charge in [-0.1, -0.05) is 23.2 Å². The molecule has 2 rings (SSSR count). The number of aromatic nitrogens is 1. The highest BCUT2D eigenvalue weighted by molar-refractivity contribution is 6.38. The van der Waals surface area contributed by atoms with Gasteiger partial charge in [-0.3, -0.25) is 4.98 Å². The minimum absolute atomic E-state index is 0.624. The number of nitrogens with zero attached hydrogens (tertiary/aromatic N) is 2. The average molecular weight is 232 g/mol. The third-order valence-corrected chi connectivity index (χ3v) is 2.81.